The number of aromatic carboxylic acids is 1. The second kappa shape index (κ2) is 6.06. The molecular weight excluding hydrogens is 268 g/mol. The Morgan fingerprint density at radius 1 is 1.38 bits per heavy atom. The van der Waals surface area contributed by atoms with E-state index in [0.29, 0.717) is 34.9 Å². The van der Waals surface area contributed by atoms with Crippen LogP contribution in [0.4, 0.5) is 0 Å². The lowest BCUT2D eigenvalue weighted by Gasteiger charge is -2.12. The van der Waals surface area contributed by atoms with Crippen LogP contribution in [0.2, 0.25) is 0 Å². The summed E-state index contributed by atoms with van der Waals surface area (Å²) in [5, 5.41) is 18.4. The molecule has 1 heterocycles. The molecule has 0 atom stereocenters. The first-order chi connectivity index (χ1) is 10.1. The average Bonchev–Trinajstić information content (AvgIpc) is 2.47. The van der Waals surface area contributed by atoms with Gasteiger partial charge in [0.15, 0.2) is 0 Å². The summed E-state index contributed by atoms with van der Waals surface area (Å²) in [4.78, 5) is 15.7. The van der Waals surface area contributed by atoms with Gasteiger partial charge in [0.2, 0.25) is 0 Å². The third-order valence-corrected chi connectivity index (χ3v) is 2.93. The number of hydrogen-bond acceptors (Lipinski definition) is 4. The summed E-state index contributed by atoms with van der Waals surface area (Å²) in [7, 11) is 0. The number of rotatable bonds is 4. The van der Waals surface area contributed by atoms with Crippen LogP contribution >= 0.6 is 0 Å². The predicted octanol–water partition coefficient (Wildman–Crippen LogP) is 3.03. The smallest absolute Gasteiger partial charge is 0.337 e. The van der Waals surface area contributed by atoms with Gasteiger partial charge in [-0.05, 0) is 44.2 Å². The number of aromatic nitrogens is 1. The zero-order valence-electron chi connectivity index (χ0n) is 11.8. The number of nitrogens with zero attached hydrogens (tertiary/aromatic N) is 2. The number of hydrogen-bond donors (Lipinski definition) is 1. The minimum Gasteiger partial charge on any atom is -0.493 e. The minimum atomic E-state index is -1.07. The quantitative estimate of drug-likeness (QED) is 0.931. The molecule has 0 aliphatic heterocycles. The van der Waals surface area contributed by atoms with Crippen molar-refractivity contribution in [2.24, 2.45) is 0 Å². The molecule has 5 nitrogen and oxygen atoms in total. The average molecular weight is 282 g/mol. The van der Waals surface area contributed by atoms with E-state index >= 15 is 0 Å². The van der Waals surface area contributed by atoms with Crippen molar-refractivity contribution in [2.75, 3.05) is 6.61 Å². The first kappa shape index (κ1) is 14.5. The molecule has 2 rings (SSSR count). The van der Waals surface area contributed by atoms with Crippen LogP contribution in [0.3, 0.4) is 0 Å². The third kappa shape index (κ3) is 3.00. The van der Waals surface area contributed by atoms with Crippen LogP contribution in [0.1, 0.15) is 28.5 Å². The van der Waals surface area contributed by atoms with Crippen LogP contribution in [0, 0.1) is 18.3 Å². The molecule has 0 spiro atoms. The Kier molecular flexibility index (Phi) is 4.19. The standard InChI is InChI=1S/C16H14N2O3/c1-3-21-14-7-5-11(9-17)8-13(14)15-12(16(19)20)6-4-10(2)18-15/h4-8H,3H2,1-2H3,(H,19,20). The maximum absolute atomic E-state index is 11.4. The molecule has 1 aromatic carbocycles. The van der Waals surface area contributed by atoms with Crippen molar-refractivity contribution in [1.82, 2.24) is 4.98 Å². The van der Waals surface area contributed by atoms with Gasteiger partial charge in [-0.3, -0.25) is 4.98 Å². The maximum Gasteiger partial charge on any atom is 0.337 e. The van der Waals surface area contributed by atoms with Crippen molar-refractivity contribution >= 4 is 5.97 Å². The summed E-state index contributed by atoms with van der Waals surface area (Å²) in [6, 6.07) is 10.1. The summed E-state index contributed by atoms with van der Waals surface area (Å²) in [6.07, 6.45) is 0. The first-order valence-electron chi connectivity index (χ1n) is 6.45. The Hall–Kier alpha value is -2.87. The van der Waals surface area contributed by atoms with Gasteiger partial charge < -0.3 is 9.84 Å². The molecule has 0 bridgehead atoms. The molecule has 0 unspecified atom stereocenters. The molecule has 2 aromatic rings. The molecule has 0 amide bonds. The monoisotopic (exact) mass is 282 g/mol. The number of ether oxygens (including phenoxy) is 1. The zero-order chi connectivity index (χ0) is 15.4. The van der Waals surface area contributed by atoms with E-state index in [2.05, 4.69) is 4.98 Å². The van der Waals surface area contributed by atoms with Gasteiger partial charge in [0.25, 0.3) is 0 Å². The second-order valence-electron chi connectivity index (χ2n) is 4.41. The zero-order valence-corrected chi connectivity index (χ0v) is 11.8. The molecule has 1 aromatic heterocycles. The lowest BCUT2D eigenvalue weighted by Crippen LogP contribution is -2.04. The lowest BCUT2D eigenvalue weighted by atomic mass is 10.0. The number of benzene rings is 1. The highest BCUT2D eigenvalue weighted by Crippen LogP contribution is 2.32. The molecule has 106 valence electrons. The summed E-state index contributed by atoms with van der Waals surface area (Å²) in [6.45, 7) is 4.06. The largest absolute Gasteiger partial charge is 0.493 e. The van der Waals surface area contributed by atoms with Gasteiger partial charge in [-0.25, -0.2) is 4.79 Å². The number of pyridine rings is 1. The summed E-state index contributed by atoms with van der Waals surface area (Å²) < 4.78 is 5.52. The first-order valence-corrected chi connectivity index (χ1v) is 6.45. The molecule has 1 N–H and O–H groups in total. The fraction of sp³-hybridized carbons (Fsp3) is 0.188. The number of carboxylic acid groups (broad SMARTS) is 1. The van der Waals surface area contributed by atoms with Gasteiger partial charge in [-0.1, -0.05) is 0 Å². The van der Waals surface area contributed by atoms with E-state index in [-0.39, 0.29) is 5.56 Å². The highest BCUT2D eigenvalue weighted by molar-refractivity contribution is 5.95. The number of carbonyl (C=O) groups is 1. The van der Waals surface area contributed by atoms with E-state index in [4.69, 9.17) is 10.00 Å². The van der Waals surface area contributed by atoms with Crippen molar-refractivity contribution in [3.05, 3.63) is 47.2 Å². The minimum absolute atomic E-state index is 0.0802. The Labute approximate surface area is 122 Å². The molecule has 5 heteroatoms. The van der Waals surface area contributed by atoms with Crippen molar-refractivity contribution in [1.29, 1.82) is 5.26 Å². The molecule has 0 radical (unpaired) electrons. The normalized spacial score (nSPS) is 9.95. The van der Waals surface area contributed by atoms with Gasteiger partial charge in [0.05, 0.1) is 29.5 Å². The number of nitriles is 1. The molecule has 0 aliphatic carbocycles. The Morgan fingerprint density at radius 2 is 2.14 bits per heavy atom. The fourth-order valence-electron chi connectivity index (χ4n) is 2.00. The molecule has 0 saturated carbocycles. The van der Waals surface area contributed by atoms with E-state index in [1.807, 2.05) is 13.0 Å². The van der Waals surface area contributed by atoms with Gasteiger partial charge in [-0.2, -0.15) is 5.26 Å². The van der Waals surface area contributed by atoms with Crippen molar-refractivity contribution in [3.63, 3.8) is 0 Å². The maximum atomic E-state index is 11.4. The summed E-state index contributed by atoms with van der Waals surface area (Å²) >= 11 is 0. The fourth-order valence-corrected chi connectivity index (χ4v) is 2.00. The third-order valence-electron chi connectivity index (χ3n) is 2.93. The van der Waals surface area contributed by atoms with Gasteiger partial charge in [0.1, 0.15) is 5.75 Å². The Morgan fingerprint density at radius 3 is 2.76 bits per heavy atom. The SMILES string of the molecule is CCOc1ccc(C#N)cc1-c1nc(C)ccc1C(=O)O. The van der Waals surface area contributed by atoms with Crippen molar-refractivity contribution in [2.45, 2.75) is 13.8 Å². The summed E-state index contributed by atoms with van der Waals surface area (Å²) in [5.41, 5.74) is 2.02. The van der Waals surface area contributed by atoms with Gasteiger partial charge in [-0.15, -0.1) is 0 Å². The van der Waals surface area contributed by atoms with Crippen LogP contribution in [0.5, 0.6) is 5.75 Å². The van der Waals surface area contributed by atoms with Crippen LogP contribution < -0.4 is 4.74 Å². The van der Waals surface area contributed by atoms with Crippen LogP contribution in [-0.4, -0.2) is 22.7 Å². The van der Waals surface area contributed by atoms with E-state index in [1.165, 1.54) is 6.07 Å². The van der Waals surface area contributed by atoms with Crippen molar-refractivity contribution < 1.29 is 14.6 Å². The highest BCUT2D eigenvalue weighted by atomic mass is 16.5. The lowest BCUT2D eigenvalue weighted by molar-refractivity contribution is 0.0697. The van der Waals surface area contributed by atoms with E-state index in [1.54, 1.807) is 31.2 Å². The van der Waals surface area contributed by atoms with Gasteiger partial charge >= 0.3 is 5.97 Å². The Bertz CT molecular complexity index is 733. The van der Waals surface area contributed by atoms with Crippen LogP contribution in [0.15, 0.2) is 30.3 Å². The molecular formula is C16H14N2O3. The molecule has 0 aliphatic rings. The van der Waals surface area contributed by atoms with Crippen molar-refractivity contribution in [3.8, 4) is 23.1 Å². The molecule has 0 fully saturated rings. The summed E-state index contributed by atoms with van der Waals surface area (Å²) in [5.74, 6) is -0.556. The second-order valence-corrected chi connectivity index (χ2v) is 4.41. The number of aryl methyl sites for hydroxylation is 1. The van der Waals surface area contributed by atoms with E-state index in [9.17, 15) is 9.90 Å². The van der Waals surface area contributed by atoms with Gasteiger partial charge in [0, 0.05) is 11.3 Å². The Balaban J connectivity index is 2.73. The molecule has 0 saturated heterocycles. The highest BCUT2D eigenvalue weighted by Gasteiger charge is 2.17. The van der Waals surface area contributed by atoms with E-state index < -0.39 is 5.97 Å². The molecule has 21 heavy (non-hydrogen) atoms. The predicted molar refractivity (Wildman–Crippen MR) is 77.3 cm³/mol. The van der Waals surface area contributed by atoms with E-state index in [0.717, 1.165) is 0 Å². The van der Waals surface area contributed by atoms with Crippen LogP contribution in [-0.2, 0) is 0 Å². The topological polar surface area (TPSA) is 83.2 Å². The van der Waals surface area contributed by atoms with Crippen LogP contribution in [0.25, 0.3) is 11.3 Å². The number of carboxylic acids is 1.